The van der Waals surface area contributed by atoms with Crippen molar-refractivity contribution in [1.29, 1.82) is 0 Å². The summed E-state index contributed by atoms with van der Waals surface area (Å²) in [6.45, 7) is 0. The number of aromatic nitrogens is 2. The van der Waals surface area contributed by atoms with Crippen LogP contribution in [0, 0.1) is 0 Å². The molecule has 3 nitrogen and oxygen atoms in total. The second kappa shape index (κ2) is 12.5. The van der Waals surface area contributed by atoms with Crippen LogP contribution in [0.25, 0.3) is 110 Å². The van der Waals surface area contributed by atoms with E-state index in [1.54, 1.807) is 0 Å². The molecule has 3 heteroatoms. The standard InChI is InChI=1S/C54H34N2O/c1-3-13-35(14-4-1)41-17-7-8-18-42(41)38-24-28-52-46(33-38)44-20-10-12-22-50(44)56(52)40-26-30-54-48(34-40)47-32-37(25-29-53(47)57-54)36-23-27-51-45(31-36)43-19-9-11-21-49(43)55(51)39-15-5-2-6-16-39/h1-34H. The fraction of sp³-hybridized carbons (Fsp3) is 0. The second-order valence-corrected chi connectivity index (χ2v) is 14.9. The molecular weight excluding hydrogens is 693 g/mol. The Bertz CT molecular complexity index is 3510. The lowest BCUT2D eigenvalue weighted by atomic mass is 9.94. The van der Waals surface area contributed by atoms with Gasteiger partial charge in [-0.25, -0.2) is 0 Å². The van der Waals surface area contributed by atoms with Gasteiger partial charge in [0.2, 0.25) is 0 Å². The summed E-state index contributed by atoms with van der Waals surface area (Å²) in [5.41, 5.74) is 16.0. The highest BCUT2D eigenvalue weighted by Crippen LogP contribution is 2.41. The molecule has 0 aliphatic rings. The number of para-hydroxylation sites is 3. The van der Waals surface area contributed by atoms with Crippen LogP contribution in [0.5, 0.6) is 0 Å². The molecule has 0 saturated carbocycles. The maximum absolute atomic E-state index is 6.47. The maximum atomic E-state index is 6.47. The van der Waals surface area contributed by atoms with Gasteiger partial charge in [0.25, 0.3) is 0 Å². The third-order valence-corrected chi connectivity index (χ3v) is 11.7. The fourth-order valence-electron chi connectivity index (χ4n) is 9.11. The van der Waals surface area contributed by atoms with Crippen molar-refractivity contribution >= 4 is 65.6 Å². The fourth-order valence-corrected chi connectivity index (χ4v) is 9.11. The van der Waals surface area contributed by atoms with E-state index in [0.29, 0.717) is 0 Å². The lowest BCUT2D eigenvalue weighted by Crippen LogP contribution is -1.93. The summed E-state index contributed by atoms with van der Waals surface area (Å²) >= 11 is 0. The second-order valence-electron chi connectivity index (χ2n) is 14.9. The van der Waals surface area contributed by atoms with Gasteiger partial charge in [-0.2, -0.15) is 0 Å². The molecule has 12 aromatic rings. The summed E-state index contributed by atoms with van der Waals surface area (Å²) in [5.74, 6) is 0. The van der Waals surface area contributed by atoms with Gasteiger partial charge in [0.05, 0.1) is 22.1 Å². The molecular formula is C54H34N2O. The summed E-state index contributed by atoms with van der Waals surface area (Å²) in [6, 6.07) is 74.4. The molecule has 0 spiro atoms. The van der Waals surface area contributed by atoms with E-state index in [1.165, 1.54) is 71.4 Å². The van der Waals surface area contributed by atoms with Crippen LogP contribution in [0.4, 0.5) is 0 Å². The van der Waals surface area contributed by atoms with Gasteiger partial charge in [-0.05, 0) is 112 Å². The van der Waals surface area contributed by atoms with Crippen LogP contribution in [0.1, 0.15) is 0 Å². The van der Waals surface area contributed by atoms with E-state index in [9.17, 15) is 0 Å². The Hall–Kier alpha value is -7.62. The third-order valence-electron chi connectivity index (χ3n) is 11.7. The van der Waals surface area contributed by atoms with Gasteiger partial charge in [-0.3, -0.25) is 0 Å². The average Bonchev–Trinajstić information content (AvgIpc) is 3.93. The molecule has 3 aromatic heterocycles. The first-order chi connectivity index (χ1) is 28.3. The van der Waals surface area contributed by atoms with Crippen LogP contribution in [0.3, 0.4) is 0 Å². The van der Waals surface area contributed by atoms with Crippen molar-refractivity contribution in [1.82, 2.24) is 9.13 Å². The number of hydrogen-bond acceptors (Lipinski definition) is 1. The molecule has 0 aliphatic heterocycles. The van der Waals surface area contributed by atoms with E-state index in [0.717, 1.165) is 38.9 Å². The van der Waals surface area contributed by atoms with Crippen molar-refractivity contribution in [2.24, 2.45) is 0 Å². The topological polar surface area (TPSA) is 23.0 Å². The molecule has 0 bridgehead atoms. The molecule has 0 aliphatic carbocycles. The van der Waals surface area contributed by atoms with Gasteiger partial charge >= 0.3 is 0 Å². The molecule has 0 atom stereocenters. The molecule has 0 fully saturated rings. The molecule has 266 valence electrons. The van der Waals surface area contributed by atoms with Crippen LogP contribution in [0.15, 0.2) is 211 Å². The van der Waals surface area contributed by atoms with Gasteiger partial charge in [0, 0.05) is 43.7 Å². The van der Waals surface area contributed by atoms with E-state index >= 15 is 0 Å². The normalized spacial score (nSPS) is 11.9. The zero-order chi connectivity index (χ0) is 37.5. The molecule has 0 saturated heterocycles. The summed E-state index contributed by atoms with van der Waals surface area (Å²) in [6.07, 6.45) is 0. The van der Waals surface area contributed by atoms with Crippen LogP contribution in [0.2, 0.25) is 0 Å². The first-order valence-electron chi connectivity index (χ1n) is 19.5. The smallest absolute Gasteiger partial charge is 0.135 e. The number of benzene rings is 9. The maximum Gasteiger partial charge on any atom is 0.135 e. The highest BCUT2D eigenvalue weighted by Gasteiger charge is 2.18. The largest absolute Gasteiger partial charge is 0.456 e. The van der Waals surface area contributed by atoms with Crippen LogP contribution in [-0.4, -0.2) is 9.13 Å². The van der Waals surface area contributed by atoms with Gasteiger partial charge < -0.3 is 13.6 Å². The Morgan fingerprint density at radius 3 is 1.40 bits per heavy atom. The minimum Gasteiger partial charge on any atom is -0.456 e. The van der Waals surface area contributed by atoms with Gasteiger partial charge in [0.15, 0.2) is 0 Å². The minimum absolute atomic E-state index is 0.882. The first-order valence-corrected chi connectivity index (χ1v) is 19.5. The monoisotopic (exact) mass is 726 g/mol. The summed E-state index contributed by atoms with van der Waals surface area (Å²) in [7, 11) is 0. The number of nitrogens with zero attached hydrogens (tertiary/aromatic N) is 2. The Morgan fingerprint density at radius 1 is 0.263 bits per heavy atom. The Balaban J connectivity index is 0.997. The van der Waals surface area contributed by atoms with E-state index in [4.69, 9.17) is 4.42 Å². The number of hydrogen-bond donors (Lipinski definition) is 0. The number of rotatable bonds is 5. The SMILES string of the molecule is c1ccc(-c2ccccc2-c2ccc3c(c2)c2ccccc2n3-c2ccc3oc4ccc(-c5ccc6c(c5)c5ccccc5n6-c5ccccc5)cc4c3c2)cc1. The molecule has 0 N–H and O–H groups in total. The zero-order valence-electron chi connectivity index (χ0n) is 30.9. The highest BCUT2D eigenvalue weighted by atomic mass is 16.3. The average molecular weight is 727 g/mol. The van der Waals surface area contributed by atoms with Crippen LogP contribution < -0.4 is 0 Å². The first kappa shape index (κ1) is 31.7. The van der Waals surface area contributed by atoms with E-state index in [2.05, 4.69) is 215 Å². The number of fused-ring (bicyclic) bond motifs is 9. The minimum atomic E-state index is 0.882. The summed E-state index contributed by atoms with van der Waals surface area (Å²) < 4.78 is 11.2. The van der Waals surface area contributed by atoms with E-state index < -0.39 is 0 Å². The van der Waals surface area contributed by atoms with Gasteiger partial charge in [-0.1, -0.05) is 127 Å². The zero-order valence-corrected chi connectivity index (χ0v) is 30.9. The van der Waals surface area contributed by atoms with E-state index in [-0.39, 0.29) is 0 Å². The van der Waals surface area contributed by atoms with Crippen LogP contribution >= 0.6 is 0 Å². The molecule has 0 unspecified atom stereocenters. The predicted molar refractivity (Wildman–Crippen MR) is 239 cm³/mol. The van der Waals surface area contributed by atoms with Gasteiger partial charge in [-0.15, -0.1) is 0 Å². The lowest BCUT2D eigenvalue weighted by Gasteiger charge is -2.11. The van der Waals surface area contributed by atoms with Gasteiger partial charge in [0.1, 0.15) is 11.2 Å². The Morgan fingerprint density at radius 2 is 0.719 bits per heavy atom. The van der Waals surface area contributed by atoms with Crippen molar-refractivity contribution in [3.63, 3.8) is 0 Å². The molecule has 9 aromatic carbocycles. The van der Waals surface area contributed by atoms with Crippen molar-refractivity contribution in [3.8, 4) is 44.8 Å². The third kappa shape index (κ3) is 4.92. The van der Waals surface area contributed by atoms with Crippen molar-refractivity contribution in [2.75, 3.05) is 0 Å². The molecule has 3 heterocycles. The Kier molecular flexibility index (Phi) is 6.93. The highest BCUT2D eigenvalue weighted by molar-refractivity contribution is 6.13. The quantitative estimate of drug-likeness (QED) is 0.173. The summed E-state index contributed by atoms with van der Waals surface area (Å²) in [4.78, 5) is 0. The Labute approximate surface area is 328 Å². The van der Waals surface area contributed by atoms with Crippen LogP contribution in [-0.2, 0) is 0 Å². The molecule has 0 radical (unpaired) electrons. The predicted octanol–water partition coefficient (Wildman–Crippen LogP) is 14.8. The lowest BCUT2D eigenvalue weighted by molar-refractivity contribution is 0.669. The van der Waals surface area contributed by atoms with Crippen molar-refractivity contribution in [3.05, 3.63) is 206 Å². The van der Waals surface area contributed by atoms with Crippen molar-refractivity contribution < 1.29 is 4.42 Å². The van der Waals surface area contributed by atoms with Crippen molar-refractivity contribution in [2.45, 2.75) is 0 Å². The molecule has 0 amide bonds. The molecule has 57 heavy (non-hydrogen) atoms. The number of furan rings is 1. The van der Waals surface area contributed by atoms with E-state index in [1.807, 2.05) is 0 Å². The molecule has 12 rings (SSSR count). The summed E-state index contributed by atoms with van der Waals surface area (Å²) in [5, 5.41) is 7.16.